The third-order valence-corrected chi connectivity index (χ3v) is 6.46. The van der Waals surface area contributed by atoms with Crippen LogP contribution in [0, 0.1) is 42.2 Å². The molecule has 0 radical (unpaired) electrons. The van der Waals surface area contributed by atoms with Crippen molar-refractivity contribution >= 4 is 51.9 Å². The maximum atomic E-state index is 12.1. The molecule has 1 unspecified atom stereocenters. The number of hydrogen-bond donors (Lipinski definition) is 2. The summed E-state index contributed by atoms with van der Waals surface area (Å²) in [7, 11) is 0. The van der Waals surface area contributed by atoms with Gasteiger partial charge in [-0.1, -0.05) is 59.1 Å². The molecule has 37 heavy (non-hydrogen) atoms. The Kier molecular flexibility index (Phi) is 7.58. The maximum absolute atomic E-state index is 12.1. The van der Waals surface area contributed by atoms with Crippen molar-refractivity contribution in [2.24, 2.45) is 0 Å². The van der Waals surface area contributed by atoms with Gasteiger partial charge in [-0.3, -0.25) is 10.1 Å². The van der Waals surface area contributed by atoms with Gasteiger partial charge < -0.3 is 10.6 Å². The van der Waals surface area contributed by atoms with E-state index >= 15 is 0 Å². The van der Waals surface area contributed by atoms with Gasteiger partial charge in [-0.25, -0.2) is 9.97 Å². The Bertz CT molecular complexity index is 1530. The zero-order chi connectivity index (χ0) is 26.7. The van der Waals surface area contributed by atoms with Crippen LogP contribution >= 0.6 is 23.2 Å². The minimum Gasteiger partial charge on any atom is -0.334 e. The normalized spacial score (nSPS) is 11.5. The fourth-order valence-electron chi connectivity index (χ4n) is 3.98. The third-order valence-electron chi connectivity index (χ3n) is 5.88. The van der Waals surface area contributed by atoms with Crippen molar-refractivity contribution in [3.63, 3.8) is 0 Å². The summed E-state index contributed by atoms with van der Waals surface area (Å²) in [5.41, 5.74) is 5.00. The van der Waals surface area contributed by atoms with E-state index in [1.165, 1.54) is 6.33 Å². The van der Waals surface area contributed by atoms with E-state index in [1.54, 1.807) is 36.4 Å². The highest BCUT2D eigenvalue weighted by molar-refractivity contribution is 6.32. The molecule has 2 N–H and O–H groups in total. The SMILES string of the molecule is Cc1ccc(Nc2ncnc(Nc3cc(Cl)c(C(C#N)c4ccc(Cl)cc4)cc3C)c2[N+](=O)[O-])c(C)c1. The van der Waals surface area contributed by atoms with Crippen LogP contribution in [0.3, 0.4) is 0 Å². The first-order chi connectivity index (χ1) is 17.7. The molecular weight excluding hydrogens is 511 g/mol. The monoisotopic (exact) mass is 532 g/mol. The van der Waals surface area contributed by atoms with E-state index in [0.717, 1.165) is 22.3 Å². The minimum absolute atomic E-state index is 0.00807. The number of nitrogens with zero attached hydrogens (tertiary/aromatic N) is 4. The molecule has 1 heterocycles. The molecule has 0 saturated heterocycles. The molecule has 0 aliphatic carbocycles. The number of aromatic nitrogens is 2. The molecule has 4 aromatic rings. The van der Waals surface area contributed by atoms with E-state index in [9.17, 15) is 15.4 Å². The lowest BCUT2D eigenvalue weighted by Gasteiger charge is -2.17. The second kappa shape index (κ2) is 10.8. The summed E-state index contributed by atoms with van der Waals surface area (Å²) in [4.78, 5) is 19.8. The molecule has 1 atom stereocenters. The smallest absolute Gasteiger partial charge is 0.334 e. The van der Waals surface area contributed by atoms with E-state index in [2.05, 4.69) is 26.7 Å². The standard InChI is InChI=1S/C27H22Cl2N6O2/c1-15-4-9-23(16(2)10-15)33-26-25(35(36)37)27(32-14-31-26)34-24-12-22(29)20(11-17(24)3)21(13-30)18-5-7-19(28)8-6-18/h4-12,14,21H,1-3H3,(H2,31,32,33,34). The van der Waals surface area contributed by atoms with E-state index in [1.807, 2.05) is 39.0 Å². The molecule has 4 rings (SSSR count). The summed E-state index contributed by atoms with van der Waals surface area (Å²) in [6.07, 6.45) is 1.25. The Labute approximate surface area is 224 Å². The van der Waals surface area contributed by atoms with Gasteiger partial charge in [0, 0.05) is 21.4 Å². The first-order valence-corrected chi connectivity index (χ1v) is 12.0. The van der Waals surface area contributed by atoms with Gasteiger partial charge in [0.15, 0.2) is 0 Å². The van der Waals surface area contributed by atoms with Crippen molar-refractivity contribution in [2.45, 2.75) is 26.7 Å². The van der Waals surface area contributed by atoms with Gasteiger partial charge in [-0.15, -0.1) is 0 Å². The molecule has 1 aromatic heterocycles. The van der Waals surface area contributed by atoms with Gasteiger partial charge in [-0.2, -0.15) is 5.26 Å². The number of halogens is 2. The van der Waals surface area contributed by atoms with E-state index in [4.69, 9.17) is 23.2 Å². The molecule has 0 aliphatic heterocycles. The Morgan fingerprint density at radius 3 is 2.14 bits per heavy atom. The van der Waals surface area contributed by atoms with Crippen molar-refractivity contribution in [1.82, 2.24) is 9.97 Å². The highest BCUT2D eigenvalue weighted by Crippen LogP contribution is 2.38. The Hall–Kier alpha value is -4.19. The fraction of sp³-hybridized carbons (Fsp3) is 0.148. The van der Waals surface area contributed by atoms with E-state index < -0.39 is 10.8 Å². The van der Waals surface area contributed by atoms with E-state index in [0.29, 0.717) is 27.0 Å². The molecule has 186 valence electrons. The Morgan fingerprint density at radius 1 is 0.919 bits per heavy atom. The van der Waals surface area contributed by atoms with Crippen LogP contribution in [0.25, 0.3) is 0 Å². The molecule has 0 fully saturated rings. The van der Waals surface area contributed by atoms with Crippen LogP contribution in [0.1, 0.15) is 33.7 Å². The number of aryl methyl sites for hydroxylation is 3. The van der Waals surface area contributed by atoms with Crippen LogP contribution in [-0.2, 0) is 0 Å². The fourth-order valence-corrected chi connectivity index (χ4v) is 4.38. The number of benzene rings is 3. The van der Waals surface area contributed by atoms with Crippen molar-refractivity contribution in [3.05, 3.63) is 109 Å². The van der Waals surface area contributed by atoms with Crippen LogP contribution in [0.4, 0.5) is 28.7 Å². The lowest BCUT2D eigenvalue weighted by molar-refractivity contribution is -0.383. The first-order valence-electron chi connectivity index (χ1n) is 11.2. The number of nitriles is 1. The highest BCUT2D eigenvalue weighted by atomic mass is 35.5. The molecule has 0 saturated carbocycles. The van der Waals surface area contributed by atoms with Crippen molar-refractivity contribution in [3.8, 4) is 6.07 Å². The molecule has 8 nitrogen and oxygen atoms in total. The summed E-state index contributed by atoms with van der Waals surface area (Å²) in [6.45, 7) is 5.70. The summed E-state index contributed by atoms with van der Waals surface area (Å²) < 4.78 is 0. The summed E-state index contributed by atoms with van der Waals surface area (Å²) in [6, 6.07) is 18.4. The lowest BCUT2D eigenvalue weighted by atomic mass is 9.91. The quantitative estimate of drug-likeness (QED) is 0.184. The molecule has 0 spiro atoms. The van der Waals surface area contributed by atoms with Gasteiger partial charge >= 0.3 is 5.69 Å². The summed E-state index contributed by atoms with van der Waals surface area (Å²) in [5.74, 6) is -0.546. The Balaban J connectivity index is 1.69. The number of nitrogens with one attached hydrogen (secondary N) is 2. The average molecular weight is 533 g/mol. The molecule has 0 amide bonds. The van der Waals surface area contributed by atoms with Gasteiger partial charge in [0.05, 0.1) is 16.9 Å². The van der Waals surface area contributed by atoms with Gasteiger partial charge in [0.25, 0.3) is 0 Å². The number of hydrogen-bond acceptors (Lipinski definition) is 7. The second-order valence-electron chi connectivity index (χ2n) is 8.55. The number of rotatable bonds is 7. The first kappa shape index (κ1) is 25.9. The van der Waals surface area contributed by atoms with Crippen LogP contribution in [0.15, 0.2) is 60.9 Å². The summed E-state index contributed by atoms with van der Waals surface area (Å²) >= 11 is 12.6. The molecule has 0 aliphatic rings. The summed E-state index contributed by atoms with van der Waals surface area (Å²) in [5, 5.41) is 28.9. The van der Waals surface area contributed by atoms with Crippen molar-refractivity contribution < 1.29 is 4.92 Å². The second-order valence-corrected chi connectivity index (χ2v) is 9.39. The van der Waals surface area contributed by atoms with E-state index in [-0.39, 0.29) is 17.3 Å². The molecule has 3 aromatic carbocycles. The van der Waals surface area contributed by atoms with Crippen LogP contribution in [0.2, 0.25) is 10.0 Å². The Morgan fingerprint density at radius 2 is 1.54 bits per heavy atom. The predicted octanol–water partition coefficient (Wildman–Crippen LogP) is 7.76. The molecule has 0 bridgehead atoms. The maximum Gasteiger partial charge on any atom is 0.353 e. The van der Waals surface area contributed by atoms with Crippen LogP contribution in [-0.4, -0.2) is 14.9 Å². The number of anilines is 4. The van der Waals surface area contributed by atoms with Gasteiger partial charge in [0.1, 0.15) is 6.33 Å². The topological polar surface area (TPSA) is 117 Å². The predicted molar refractivity (Wildman–Crippen MR) is 146 cm³/mol. The van der Waals surface area contributed by atoms with Crippen LogP contribution < -0.4 is 10.6 Å². The lowest BCUT2D eigenvalue weighted by Crippen LogP contribution is -2.07. The van der Waals surface area contributed by atoms with Crippen molar-refractivity contribution in [1.29, 1.82) is 5.26 Å². The molecular formula is C27H22Cl2N6O2. The van der Waals surface area contributed by atoms with Crippen LogP contribution in [0.5, 0.6) is 0 Å². The van der Waals surface area contributed by atoms with Gasteiger partial charge in [0.2, 0.25) is 11.6 Å². The van der Waals surface area contributed by atoms with Gasteiger partial charge in [-0.05, 0) is 67.3 Å². The van der Waals surface area contributed by atoms with Crippen molar-refractivity contribution in [2.75, 3.05) is 10.6 Å². The third kappa shape index (κ3) is 5.64. The zero-order valence-corrected chi connectivity index (χ0v) is 21.7. The average Bonchev–Trinajstić information content (AvgIpc) is 2.85. The zero-order valence-electron chi connectivity index (χ0n) is 20.2. The highest BCUT2D eigenvalue weighted by Gasteiger charge is 2.25. The number of nitro groups is 1. The minimum atomic E-state index is -0.612. The molecule has 10 heteroatoms. The largest absolute Gasteiger partial charge is 0.353 e.